The van der Waals surface area contributed by atoms with Crippen molar-refractivity contribution < 1.29 is 26.3 Å². The summed E-state index contributed by atoms with van der Waals surface area (Å²) in [5, 5.41) is 2.84. The molecule has 2 aromatic carbocycles. The predicted molar refractivity (Wildman–Crippen MR) is 73.4 cm³/mol. The molecule has 0 heterocycles. The van der Waals surface area contributed by atoms with E-state index in [1.807, 2.05) is 6.07 Å². The number of rotatable bonds is 4. The lowest BCUT2D eigenvalue weighted by Gasteiger charge is -2.14. The third-order valence-corrected chi connectivity index (χ3v) is 3.15. The Labute approximate surface area is 128 Å². The Balaban J connectivity index is 2.17. The summed E-state index contributed by atoms with van der Waals surface area (Å²) in [7, 11) is 0. The highest BCUT2D eigenvalue weighted by Crippen LogP contribution is 2.36. The molecule has 2 rings (SSSR count). The maximum Gasteiger partial charge on any atom is 0.416 e. The molecule has 0 saturated carbocycles. The van der Waals surface area contributed by atoms with Gasteiger partial charge in [-0.15, -0.1) is 0 Å². The summed E-state index contributed by atoms with van der Waals surface area (Å²) in [4.78, 5) is 0. The van der Waals surface area contributed by atoms with Crippen LogP contribution in [0, 0.1) is 0 Å². The van der Waals surface area contributed by atoms with Crippen molar-refractivity contribution in [2.45, 2.75) is 25.4 Å². The molecule has 0 saturated heterocycles. The summed E-state index contributed by atoms with van der Waals surface area (Å²) < 4.78 is 76.4. The van der Waals surface area contributed by atoms with Crippen LogP contribution < -0.4 is 5.32 Å². The lowest BCUT2D eigenvalue weighted by atomic mass is 10.0. The predicted octanol–water partition coefficient (Wildman–Crippen LogP) is 5.01. The zero-order chi connectivity index (χ0) is 17.1. The van der Waals surface area contributed by atoms with E-state index in [-0.39, 0.29) is 18.2 Å². The summed E-state index contributed by atoms with van der Waals surface area (Å²) in [5.41, 5.74) is -1.79. The molecule has 0 unspecified atom stereocenters. The van der Waals surface area contributed by atoms with E-state index in [4.69, 9.17) is 0 Å². The summed E-state index contributed by atoms with van der Waals surface area (Å²) in [6, 6.07) is 10.6. The van der Waals surface area contributed by atoms with Crippen molar-refractivity contribution >= 4 is 0 Å². The van der Waals surface area contributed by atoms with Crippen LogP contribution in [-0.4, -0.2) is 0 Å². The van der Waals surface area contributed by atoms with Crippen LogP contribution in [0.1, 0.15) is 22.3 Å². The minimum absolute atomic E-state index is 0.0666. The third-order valence-electron chi connectivity index (χ3n) is 3.15. The van der Waals surface area contributed by atoms with Crippen molar-refractivity contribution in [2.75, 3.05) is 0 Å². The van der Waals surface area contributed by atoms with Gasteiger partial charge >= 0.3 is 12.4 Å². The average molecular weight is 333 g/mol. The largest absolute Gasteiger partial charge is 0.416 e. The molecule has 0 bridgehead atoms. The molecule has 23 heavy (non-hydrogen) atoms. The van der Waals surface area contributed by atoms with Crippen molar-refractivity contribution in [1.29, 1.82) is 0 Å². The highest BCUT2D eigenvalue weighted by Gasteiger charge is 2.36. The molecule has 0 aromatic heterocycles. The molecule has 124 valence electrons. The fraction of sp³-hybridized carbons (Fsp3) is 0.250. The first-order chi connectivity index (χ1) is 10.7. The van der Waals surface area contributed by atoms with Gasteiger partial charge in [0, 0.05) is 13.1 Å². The van der Waals surface area contributed by atoms with Crippen LogP contribution in [0.15, 0.2) is 48.5 Å². The van der Waals surface area contributed by atoms with E-state index in [0.717, 1.165) is 17.7 Å². The lowest BCUT2D eigenvalue weighted by Crippen LogP contribution is -2.16. The van der Waals surface area contributed by atoms with Crippen molar-refractivity contribution in [2.24, 2.45) is 0 Å². The van der Waals surface area contributed by atoms with Gasteiger partial charge in [0.25, 0.3) is 0 Å². The summed E-state index contributed by atoms with van der Waals surface area (Å²) in [6.45, 7) is 0.250. The van der Waals surface area contributed by atoms with Gasteiger partial charge in [-0.3, -0.25) is 0 Å². The van der Waals surface area contributed by atoms with Crippen LogP contribution in [0.4, 0.5) is 26.3 Å². The molecule has 0 atom stereocenters. The van der Waals surface area contributed by atoms with E-state index in [0.29, 0.717) is 6.54 Å². The van der Waals surface area contributed by atoms with Gasteiger partial charge in [0.15, 0.2) is 0 Å². The molecule has 0 spiro atoms. The van der Waals surface area contributed by atoms with Crippen LogP contribution in [0.25, 0.3) is 0 Å². The Hall–Kier alpha value is -2.02. The Kier molecular flexibility index (Phi) is 4.99. The number of hydrogen-bond donors (Lipinski definition) is 1. The summed E-state index contributed by atoms with van der Waals surface area (Å²) in [5.74, 6) is 0. The molecule has 1 N–H and O–H groups in total. The molecule has 0 amide bonds. The Morgan fingerprint density at radius 3 is 1.61 bits per heavy atom. The fourth-order valence-corrected chi connectivity index (χ4v) is 2.07. The molecular weight excluding hydrogens is 320 g/mol. The monoisotopic (exact) mass is 333 g/mol. The second-order valence-electron chi connectivity index (χ2n) is 5.00. The van der Waals surface area contributed by atoms with Gasteiger partial charge in [-0.05, 0) is 29.3 Å². The molecule has 2 aromatic rings. The summed E-state index contributed by atoms with van der Waals surface area (Å²) >= 11 is 0. The number of hydrogen-bond acceptors (Lipinski definition) is 1. The molecular formula is C16H13F6N. The quantitative estimate of drug-likeness (QED) is 0.775. The standard InChI is InChI=1S/C16H13F6N/c17-15(18,19)13-6-12(7-14(8-13)16(20,21)22)10-23-9-11-4-2-1-3-5-11/h1-8,23H,9-10H2. The van der Waals surface area contributed by atoms with Gasteiger partial charge in [0.2, 0.25) is 0 Å². The van der Waals surface area contributed by atoms with Gasteiger partial charge in [0.05, 0.1) is 11.1 Å². The van der Waals surface area contributed by atoms with Gasteiger partial charge in [0.1, 0.15) is 0 Å². The van der Waals surface area contributed by atoms with Crippen LogP contribution in [-0.2, 0) is 25.4 Å². The van der Waals surface area contributed by atoms with Crippen molar-refractivity contribution in [3.63, 3.8) is 0 Å². The van der Waals surface area contributed by atoms with Gasteiger partial charge in [-0.25, -0.2) is 0 Å². The normalized spacial score (nSPS) is 12.4. The van der Waals surface area contributed by atoms with E-state index in [9.17, 15) is 26.3 Å². The molecule has 0 aliphatic rings. The van der Waals surface area contributed by atoms with E-state index < -0.39 is 23.5 Å². The van der Waals surface area contributed by atoms with Crippen LogP contribution in [0.5, 0.6) is 0 Å². The lowest BCUT2D eigenvalue weighted by molar-refractivity contribution is -0.143. The minimum Gasteiger partial charge on any atom is -0.309 e. The van der Waals surface area contributed by atoms with Crippen LogP contribution in [0.3, 0.4) is 0 Å². The second-order valence-corrected chi connectivity index (χ2v) is 5.00. The minimum atomic E-state index is -4.82. The topological polar surface area (TPSA) is 12.0 Å². The second kappa shape index (κ2) is 6.62. The Morgan fingerprint density at radius 1 is 0.652 bits per heavy atom. The maximum atomic E-state index is 12.7. The molecule has 0 radical (unpaired) electrons. The average Bonchev–Trinajstić information content (AvgIpc) is 2.46. The first kappa shape index (κ1) is 17.3. The first-order valence-electron chi connectivity index (χ1n) is 6.69. The van der Waals surface area contributed by atoms with Crippen molar-refractivity contribution in [3.05, 3.63) is 70.8 Å². The highest BCUT2D eigenvalue weighted by molar-refractivity contribution is 5.33. The molecule has 7 heteroatoms. The Morgan fingerprint density at radius 2 is 1.13 bits per heavy atom. The van der Waals surface area contributed by atoms with Crippen molar-refractivity contribution in [3.8, 4) is 0 Å². The van der Waals surface area contributed by atoms with E-state index in [1.165, 1.54) is 0 Å². The molecule has 0 aliphatic carbocycles. The number of halogens is 6. The zero-order valence-corrected chi connectivity index (χ0v) is 11.8. The highest BCUT2D eigenvalue weighted by atomic mass is 19.4. The number of nitrogens with one attached hydrogen (secondary N) is 1. The smallest absolute Gasteiger partial charge is 0.309 e. The SMILES string of the molecule is FC(F)(F)c1cc(CNCc2ccccc2)cc(C(F)(F)F)c1. The fourth-order valence-electron chi connectivity index (χ4n) is 2.07. The summed E-state index contributed by atoms with van der Waals surface area (Å²) in [6.07, 6.45) is -9.65. The molecule has 0 aliphatic heterocycles. The number of benzene rings is 2. The van der Waals surface area contributed by atoms with Gasteiger partial charge in [-0.2, -0.15) is 26.3 Å². The van der Waals surface area contributed by atoms with E-state index in [2.05, 4.69) is 5.32 Å². The maximum absolute atomic E-state index is 12.7. The number of alkyl halides is 6. The van der Waals surface area contributed by atoms with Crippen molar-refractivity contribution in [1.82, 2.24) is 5.32 Å². The zero-order valence-electron chi connectivity index (χ0n) is 11.8. The van der Waals surface area contributed by atoms with Crippen LogP contribution >= 0.6 is 0 Å². The van der Waals surface area contributed by atoms with E-state index >= 15 is 0 Å². The molecule has 0 fully saturated rings. The van der Waals surface area contributed by atoms with E-state index in [1.54, 1.807) is 24.3 Å². The van der Waals surface area contributed by atoms with Gasteiger partial charge in [-0.1, -0.05) is 30.3 Å². The van der Waals surface area contributed by atoms with Gasteiger partial charge < -0.3 is 5.32 Å². The first-order valence-corrected chi connectivity index (χ1v) is 6.69. The Bertz CT molecular complexity index is 614. The van der Waals surface area contributed by atoms with Crippen LogP contribution in [0.2, 0.25) is 0 Å². The third kappa shape index (κ3) is 4.99. The molecule has 1 nitrogen and oxygen atoms in total.